The highest BCUT2D eigenvalue weighted by atomic mass is 79.9. The molecule has 0 atom stereocenters. The number of carbonyl (C=O) groups is 1. The molecule has 0 unspecified atom stereocenters. The lowest BCUT2D eigenvalue weighted by Crippen LogP contribution is -2.21. The van der Waals surface area contributed by atoms with Crippen molar-refractivity contribution >= 4 is 32.8 Å². The van der Waals surface area contributed by atoms with E-state index in [2.05, 4.69) is 20.9 Å². The number of hydrogen-bond acceptors (Lipinski definition) is 4. The standard InChI is InChI=1S/C18H15BrN2O3/c1-2-24-18(23)15-11-21(10-12-4-3-7-20-9-12)16-8-13(19)5-6-14(16)17(15)22/h3-9,11H,2,10H2,1H3. The molecule has 0 spiro atoms. The lowest BCUT2D eigenvalue weighted by atomic mass is 10.1. The molecule has 24 heavy (non-hydrogen) atoms. The SMILES string of the molecule is CCOC(=O)c1cn(Cc2cccnc2)c2cc(Br)ccc2c1=O. The maximum Gasteiger partial charge on any atom is 0.343 e. The lowest BCUT2D eigenvalue weighted by Gasteiger charge is -2.13. The predicted molar refractivity (Wildman–Crippen MR) is 95.2 cm³/mol. The molecule has 6 heteroatoms. The summed E-state index contributed by atoms with van der Waals surface area (Å²) in [6.07, 6.45) is 5.02. The van der Waals surface area contributed by atoms with Crippen molar-refractivity contribution in [3.8, 4) is 0 Å². The smallest absolute Gasteiger partial charge is 0.343 e. The summed E-state index contributed by atoms with van der Waals surface area (Å²) in [5.74, 6) is -0.604. The zero-order valence-corrected chi connectivity index (χ0v) is 14.6. The van der Waals surface area contributed by atoms with Crippen molar-refractivity contribution in [1.29, 1.82) is 0 Å². The molecule has 0 N–H and O–H groups in total. The second kappa shape index (κ2) is 6.97. The van der Waals surface area contributed by atoms with Gasteiger partial charge in [-0.25, -0.2) is 4.79 Å². The fraction of sp³-hybridized carbons (Fsp3) is 0.167. The topological polar surface area (TPSA) is 61.2 Å². The van der Waals surface area contributed by atoms with Gasteiger partial charge in [-0.2, -0.15) is 0 Å². The van der Waals surface area contributed by atoms with Crippen LogP contribution in [0.4, 0.5) is 0 Å². The Balaban J connectivity index is 2.21. The van der Waals surface area contributed by atoms with E-state index in [1.165, 1.54) is 0 Å². The Morgan fingerprint density at radius 2 is 2.17 bits per heavy atom. The van der Waals surface area contributed by atoms with Crippen LogP contribution in [0, 0.1) is 0 Å². The van der Waals surface area contributed by atoms with Crippen molar-refractivity contribution in [2.45, 2.75) is 13.5 Å². The number of hydrogen-bond donors (Lipinski definition) is 0. The van der Waals surface area contributed by atoms with Crippen LogP contribution in [-0.4, -0.2) is 22.1 Å². The molecule has 0 amide bonds. The number of fused-ring (bicyclic) bond motifs is 1. The Morgan fingerprint density at radius 1 is 1.33 bits per heavy atom. The molecule has 0 fully saturated rings. The molecule has 3 rings (SSSR count). The molecule has 0 aliphatic heterocycles. The number of benzene rings is 1. The molecule has 122 valence electrons. The van der Waals surface area contributed by atoms with E-state index < -0.39 is 5.97 Å². The van der Waals surface area contributed by atoms with Crippen LogP contribution in [0.2, 0.25) is 0 Å². The first-order valence-electron chi connectivity index (χ1n) is 7.49. The Kier molecular flexibility index (Phi) is 4.76. The Morgan fingerprint density at radius 3 is 2.88 bits per heavy atom. The quantitative estimate of drug-likeness (QED) is 0.644. The van der Waals surface area contributed by atoms with Crippen molar-refractivity contribution < 1.29 is 9.53 Å². The first-order chi connectivity index (χ1) is 11.6. The molecule has 3 aromatic rings. The molecule has 0 radical (unpaired) electrons. The van der Waals surface area contributed by atoms with Crippen LogP contribution in [0.1, 0.15) is 22.8 Å². The van der Waals surface area contributed by atoms with Gasteiger partial charge < -0.3 is 9.30 Å². The number of carbonyl (C=O) groups excluding carboxylic acids is 1. The van der Waals surface area contributed by atoms with Gasteiger partial charge in [0.25, 0.3) is 0 Å². The third-order valence-corrected chi connectivity index (χ3v) is 4.11. The molecule has 0 saturated carbocycles. The summed E-state index contributed by atoms with van der Waals surface area (Å²) < 4.78 is 7.74. The molecular formula is C18H15BrN2O3. The van der Waals surface area contributed by atoms with E-state index in [1.807, 2.05) is 22.8 Å². The molecule has 0 aliphatic carbocycles. The molecule has 0 aliphatic rings. The summed E-state index contributed by atoms with van der Waals surface area (Å²) in [4.78, 5) is 28.8. The number of halogens is 1. The average molecular weight is 387 g/mol. The van der Waals surface area contributed by atoms with E-state index in [-0.39, 0.29) is 17.6 Å². The molecule has 1 aromatic carbocycles. The zero-order chi connectivity index (χ0) is 17.1. The van der Waals surface area contributed by atoms with Gasteiger partial charge in [0.1, 0.15) is 5.56 Å². The molecule has 0 bridgehead atoms. The van der Waals surface area contributed by atoms with Gasteiger partial charge in [-0.3, -0.25) is 9.78 Å². The third-order valence-electron chi connectivity index (χ3n) is 3.61. The van der Waals surface area contributed by atoms with Crippen LogP contribution in [0.15, 0.2) is 58.2 Å². The molecule has 2 aromatic heterocycles. The minimum absolute atomic E-state index is 0.0376. The van der Waals surface area contributed by atoms with Gasteiger partial charge in [-0.05, 0) is 36.8 Å². The van der Waals surface area contributed by atoms with Crippen LogP contribution < -0.4 is 5.43 Å². The van der Waals surface area contributed by atoms with E-state index in [9.17, 15) is 9.59 Å². The van der Waals surface area contributed by atoms with Gasteiger partial charge in [-0.1, -0.05) is 22.0 Å². The van der Waals surface area contributed by atoms with E-state index in [0.29, 0.717) is 11.9 Å². The summed E-state index contributed by atoms with van der Waals surface area (Å²) in [7, 11) is 0. The molecular weight excluding hydrogens is 372 g/mol. The number of pyridine rings is 2. The van der Waals surface area contributed by atoms with Crippen LogP contribution in [-0.2, 0) is 11.3 Å². The summed E-state index contributed by atoms with van der Waals surface area (Å²) in [6, 6.07) is 9.15. The van der Waals surface area contributed by atoms with Gasteiger partial charge in [0.05, 0.1) is 12.1 Å². The monoisotopic (exact) mass is 386 g/mol. The Hall–Kier alpha value is -2.47. The third kappa shape index (κ3) is 3.23. The highest BCUT2D eigenvalue weighted by Crippen LogP contribution is 2.19. The predicted octanol–water partition coefficient (Wildman–Crippen LogP) is 3.38. The normalized spacial score (nSPS) is 10.8. The van der Waals surface area contributed by atoms with Crippen molar-refractivity contribution in [2.24, 2.45) is 0 Å². The maximum absolute atomic E-state index is 12.6. The first-order valence-corrected chi connectivity index (χ1v) is 8.28. The van der Waals surface area contributed by atoms with Gasteiger partial charge in [0.15, 0.2) is 0 Å². The minimum Gasteiger partial charge on any atom is -0.462 e. The number of ether oxygens (including phenoxy) is 1. The van der Waals surface area contributed by atoms with E-state index in [4.69, 9.17) is 4.74 Å². The summed E-state index contributed by atoms with van der Waals surface area (Å²) in [5.41, 5.74) is 1.43. The second-order valence-corrected chi connectivity index (χ2v) is 6.16. The van der Waals surface area contributed by atoms with Crippen molar-refractivity contribution in [3.63, 3.8) is 0 Å². The molecule has 5 nitrogen and oxygen atoms in total. The fourth-order valence-corrected chi connectivity index (χ4v) is 2.89. The highest BCUT2D eigenvalue weighted by molar-refractivity contribution is 9.10. The Labute approximate surface area is 147 Å². The largest absolute Gasteiger partial charge is 0.462 e. The van der Waals surface area contributed by atoms with Crippen molar-refractivity contribution in [3.05, 3.63) is 74.7 Å². The second-order valence-electron chi connectivity index (χ2n) is 5.24. The summed E-state index contributed by atoms with van der Waals surface area (Å²) >= 11 is 3.43. The van der Waals surface area contributed by atoms with Gasteiger partial charge in [-0.15, -0.1) is 0 Å². The van der Waals surface area contributed by atoms with Crippen molar-refractivity contribution in [1.82, 2.24) is 9.55 Å². The Bertz CT molecular complexity index is 952. The average Bonchev–Trinajstić information content (AvgIpc) is 2.58. The van der Waals surface area contributed by atoms with E-state index in [0.717, 1.165) is 15.6 Å². The van der Waals surface area contributed by atoms with Gasteiger partial charge in [0, 0.05) is 35.0 Å². The van der Waals surface area contributed by atoms with Crippen LogP contribution in [0.5, 0.6) is 0 Å². The summed E-state index contributed by atoms with van der Waals surface area (Å²) in [5, 5.41) is 0.479. The number of rotatable bonds is 4. The van der Waals surface area contributed by atoms with Gasteiger partial charge in [0.2, 0.25) is 5.43 Å². The van der Waals surface area contributed by atoms with Gasteiger partial charge >= 0.3 is 5.97 Å². The summed E-state index contributed by atoms with van der Waals surface area (Å²) in [6.45, 7) is 2.43. The minimum atomic E-state index is -0.604. The van der Waals surface area contributed by atoms with Crippen LogP contribution >= 0.6 is 15.9 Å². The number of esters is 1. The fourth-order valence-electron chi connectivity index (χ4n) is 2.54. The molecule has 0 saturated heterocycles. The number of aromatic nitrogens is 2. The maximum atomic E-state index is 12.6. The number of nitrogens with zero attached hydrogens (tertiary/aromatic N) is 2. The highest BCUT2D eigenvalue weighted by Gasteiger charge is 2.16. The van der Waals surface area contributed by atoms with Crippen LogP contribution in [0.3, 0.4) is 0 Å². The lowest BCUT2D eigenvalue weighted by molar-refractivity contribution is 0.0524. The van der Waals surface area contributed by atoms with E-state index in [1.54, 1.807) is 37.6 Å². The first kappa shape index (κ1) is 16.4. The van der Waals surface area contributed by atoms with Crippen molar-refractivity contribution in [2.75, 3.05) is 6.61 Å². The van der Waals surface area contributed by atoms with Crippen LogP contribution in [0.25, 0.3) is 10.9 Å². The zero-order valence-electron chi connectivity index (χ0n) is 13.0. The van der Waals surface area contributed by atoms with E-state index >= 15 is 0 Å². The molecule has 2 heterocycles.